The summed E-state index contributed by atoms with van der Waals surface area (Å²) in [7, 11) is 0. The average Bonchev–Trinajstić information content (AvgIpc) is 2.32. The van der Waals surface area contributed by atoms with E-state index in [9.17, 15) is 10.2 Å². The van der Waals surface area contributed by atoms with Crippen LogP contribution in [0.4, 0.5) is 0 Å². The van der Waals surface area contributed by atoms with E-state index in [-0.39, 0.29) is 6.10 Å². The molecule has 0 radical (unpaired) electrons. The lowest BCUT2D eigenvalue weighted by Gasteiger charge is -2.37. The SMILES string of the molecule is CC1CCC(CC2CC(O)CCC2CO)CC1. The summed E-state index contributed by atoms with van der Waals surface area (Å²) >= 11 is 0. The zero-order valence-corrected chi connectivity index (χ0v) is 11.1. The van der Waals surface area contributed by atoms with Crippen molar-refractivity contribution in [2.45, 2.75) is 64.4 Å². The summed E-state index contributed by atoms with van der Waals surface area (Å²) in [6, 6.07) is 0. The van der Waals surface area contributed by atoms with Gasteiger partial charge < -0.3 is 10.2 Å². The third-order valence-corrected chi connectivity index (χ3v) is 5.12. The standard InChI is InChI=1S/C15H28O2/c1-11-2-4-12(5-3-11)8-14-9-15(17)7-6-13(14)10-16/h11-17H,2-10H2,1H3. The van der Waals surface area contributed by atoms with E-state index in [1.807, 2.05) is 0 Å². The number of rotatable bonds is 3. The lowest BCUT2D eigenvalue weighted by Crippen LogP contribution is -2.32. The van der Waals surface area contributed by atoms with Crippen LogP contribution in [0.1, 0.15) is 58.3 Å². The maximum Gasteiger partial charge on any atom is 0.0543 e. The van der Waals surface area contributed by atoms with Gasteiger partial charge >= 0.3 is 0 Å². The second kappa shape index (κ2) is 6.19. The van der Waals surface area contributed by atoms with Gasteiger partial charge in [-0.15, -0.1) is 0 Å². The Balaban J connectivity index is 1.83. The molecule has 0 spiro atoms. The molecule has 2 aliphatic rings. The minimum absolute atomic E-state index is 0.106. The highest BCUT2D eigenvalue weighted by Gasteiger charge is 2.31. The second-order valence-electron chi connectivity index (χ2n) is 6.53. The van der Waals surface area contributed by atoms with Gasteiger partial charge in [0.25, 0.3) is 0 Å². The minimum atomic E-state index is -0.106. The van der Waals surface area contributed by atoms with Crippen LogP contribution in [-0.2, 0) is 0 Å². The van der Waals surface area contributed by atoms with Gasteiger partial charge in [-0.1, -0.05) is 32.6 Å². The summed E-state index contributed by atoms with van der Waals surface area (Å²) in [5.41, 5.74) is 0. The van der Waals surface area contributed by atoms with E-state index < -0.39 is 0 Å². The zero-order chi connectivity index (χ0) is 12.3. The summed E-state index contributed by atoms with van der Waals surface area (Å²) in [6.07, 6.45) is 9.47. The van der Waals surface area contributed by atoms with E-state index in [1.54, 1.807) is 0 Å². The van der Waals surface area contributed by atoms with Crippen molar-refractivity contribution >= 4 is 0 Å². The largest absolute Gasteiger partial charge is 0.396 e. The van der Waals surface area contributed by atoms with Gasteiger partial charge in [-0.05, 0) is 49.4 Å². The van der Waals surface area contributed by atoms with Crippen molar-refractivity contribution in [1.82, 2.24) is 0 Å². The van der Waals surface area contributed by atoms with Crippen molar-refractivity contribution in [1.29, 1.82) is 0 Å². The van der Waals surface area contributed by atoms with Crippen LogP contribution in [0.3, 0.4) is 0 Å². The normalized spacial score (nSPS) is 43.6. The molecule has 0 amide bonds. The van der Waals surface area contributed by atoms with E-state index in [1.165, 1.54) is 32.1 Å². The van der Waals surface area contributed by atoms with Crippen molar-refractivity contribution in [3.63, 3.8) is 0 Å². The first-order valence-corrected chi connectivity index (χ1v) is 7.48. The Kier molecular flexibility index (Phi) is 4.87. The molecule has 3 atom stereocenters. The first kappa shape index (κ1) is 13.4. The topological polar surface area (TPSA) is 40.5 Å². The highest BCUT2D eigenvalue weighted by molar-refractivity contribution is 4.82. The minimum Gasteiger partial charge on any atom is -0.396 e. The van der Waals surface area contributed by atoms with Crippen molar-refractivity contribution in [3.8, 4) is 0 Å². The molecule has 0 bridgehead atoms. The number of hydrogen-bond donors (Lipinski definition) is 2. The smallest absolute Gasteiger partial charge is 0.0543 e. The van der Waals surface area contributed by atoms with Crippen LogP contribution >= 0.6 is 0 Å². The maximum atomic E-state index is 9.78. The molecular formula is C15H28O2. The van der Waals surface area contributed by atoms with Gasteiger partial charge in [0.1, 0.15) is 0 Å². The van der Waals surface area contributed by atoms with Crippen molar-refractivity contribution in [2.75, 3.05) is 6.61 Å². The monoisotopic (exact) mass is 240 g/mol. The van der Waals surface area contributed by atoms with Crippen LogP contribution in [-0.4, -0.2) is 22.9 Å². The van der Waals surface area contributed by atoms with Crippen LogP contribution in [0.2, 0.25) is 0 Å². The Bertz CT molecular complexity index is 221. The van der Waals surface area contributed by atoms with Crippen LogP contribution in [0.5, 0.6) is 0 Å². The maximum absolute atomic E-state index is 9.78. The fourth-order valence-corrected chi connectivity index (χ4v) is 3.82. The molecule has 0 saturated heterocycles. The van der Waals surface area contributed by atoms with Crippen LogP contribution in [0.15, 0.2) is 0 Å². The molecule has 0 heterocycles. The summed E-state index contributed by atoms with van der Waals surface area (Å²) in [6.45, 7) is 2.68. The molecule has 2 aliphatic carbocycles. The molecule has 3 unspecified atom stereocenters. The summed E-state index contributed by atoms with van der Waals surface area (Å²) in [5.74, 6) is 2.80. The quantitative estimate of drug-likeness (QED) is 0.796. The molecule has 0 aromatic rings. The summed E-state index contributed by atoms with van der Waals surface area (Å²) in [5, 5.41) is 19.2. The van der Waals surface area contributed by atoms with Crippen molar-refractivity contribution in [2.24, 2.45) is 23.7 Å². The Hall–Kier alpha value is -0.0800. The third kappa shape index (κ3) is 3.69. The Morgan fingerprint density at radius 2 is 1.65 bits per heavy atom. The van der Waals surface area contributed by atoms with Gasteiger partial charge in [0.2, 0.25) is 0 Å². The number of aliphatic hydroxyl groups is 2. The molecule has 2 saturated carbocycles. The van der Waals surface area contributed by atoms with Gasteiger partial charge in [0.05, 0.1) is 6.10 Å². The first-order chi connectivity index (χ1) is 8.19. The molecular weight excluding hydrogens is 212 g/mol. The second-order valence-corrected chi connectivity index (χ2v) is 6.53. The lowest BCUT2D eigenvalue weighted by atomic mass is 9.71. The molecule has 2 N–H and O–H groups in total. The van der Waals surface area contributed by atoms with Crippen LogP contribution in [0, 0.1) is 23.7 Å². The first-order valence-electron chi connectivity index (χ1n) is 7.48. The van der Waals surface area contributed by atoms with E-state index >= 15 is 0 Å². The van der Waals surface area contributed by atoms with Crippen LogP contribution < -0.4 is 0 Å². The zero-order valence-electron chi connectivity index (χ0n) is 11.1. The summed E-state index contributed by atoms with van der Waals surface area (Å²) < 4.78 is 0. The van der Waals surface area contributed by atoms with Gasteiger partial charge in [-0.3, -0.25) is 0 Å². The van der Waals surface area contributed by atoms with Gasteiger partial charge in [0.15, 0.2) is 0 Å². The van der Waals surface area contributed by atoms with E-state index in [0.29, 0.717) is 18.4 Å². The molecule has 0 aliphatic heterocycles. The van der Waals surface area contributed by atoms with E-state index in [0.717, 1.165) is 31.1 Å². The summed E-state index contributed by atoms with van der Waals surface area (Å²) in [4.78, 5) is 0. The van der Waals surface area contributed by atoms with E-state index in [2.05, 4.69) is 6.92 Å². The Morgan fingerprint density at radius 1 is 0.941 bits per heavy atom. The molecule has 0 aromatic carbocycles. The third-order valence-electron chi connectivity index (χ3n) is 5.12. The molecule has 100 valence electrons. The lowest BCUT2D eigenvalue weighted by molar-refractivity contribution is 0.0307. The molecule has 17 heavy (non-hydrogen) atoms. The van der Waals surface area contributed by atoms with Gasteiger partial charge in [-0.25, -0.2) is 0 Å². The Labute approximate surface area is 105 Å². The molecule has 2 nitrogen and oxygen atoms in total. The predicted octanol–water partition coefficient (Wildman–Crippen LogP) is 2.97. The average molecular weight is 240 g/mol. The highest BCUT2D eigenvalue weighted by atomic mass is 16.3. The Morgan fingerprint density at radius 3 is 2.29 bits per heavy atom. The highest BCUT2D eigenvalue weighted by Crippen LogP contribution is 2.39. The van der Waals surface area contributed by atoms with Gasteiger partial charge in [0, 0.05) is 6.61 Å². The van der Waals surface area contributed by atoms with Crippen LogP contribution in [0.25, 0.3) is 0 Å². The molecule has 2 heteroatoms. The molecule has 0 aromatic heterocycles. The van der Waals surface area contributed by atoms with Crippen molar-refractivity contribution < 1.29 is 10.2 Å². The molecule has 2 rings (SSSR count). The van der Waals surface area contributed by atoms with Crippen molar-refractivity contribution in [3.05, 3.63) is 0 Å². The number of aliphatic hydroxyl groups excluding tert-OH is 2. The number of hydrogen-bond acceptors (Lipinski definition) is 2. The molecule has 2 fully saturated rings. The fraction of sp³-hybridized carbons (Fsp3) is 1.00. The fourth-order valence-electron chi connectivity index (χ4n) is 3.82. The predicted molar refractivity (Wildman–Crippen MR) is 69.7 cm³/mol. The van der Waals surface area contributed by atoms with E-state index in [4.69, 9.17) is 0 Å². The van der Waals surface area contributed by atoms with Gasteiger partial charge in [-0.2, -0.15) is 0 Å².